The van der Waals surface area contributed by atoms with E-state index in [1.165, 1.54) is 4.90 Å². The molecule has 1 fully saturated rings. The number of amides is 2. The fraction of sp³-hybridized carbons (Fsp3) is 0.385. The molecule has 2 rings (SSSR count). The molecule has 1 aromatic carbocycles. The molecular formula is C13H14Cl2N2O2. The van der Waals surface area contributed by atoms with Crippen molar-refractivity contribution in [3.8, 4) is 0 Å². The molecule has 0 radical (unpaired) electrons. The number of benzene rings is 1. The number of hydrogen-bond donors (Lipinski definition) is 1. The Morgan fingerprint density at radius 1 is 1.32 bits per heavy atom. The van der Waals surface area contributed by atoms with Crippen molar-refractivity contribution in [3.63, 3.8) is 0 Å². The van der Waals surface area contributed by atoms with Gasteiger partial charge in [0.15, 0.2) is 0 Å². The van der Waals surface area contributed by atoms with Gasteiger partial charge in [-0.1, -0.05) is 30.1 Å². The Bertz CT molecular complexity index is 533. The van der Waals surface area contributed by atoms with E-state index in [0.29, 0.717) is 22.2 Å². The first-order valence-electron chi connectivity index (χ1n) is 6.04. The van der Waals surface area contributed by atoms with Crippen LogP contribution in [-0.2, 0) is 9.59 Å². The van der Waals surface area contributed by atoms with Crippen LogP contribution < -0.4 is 10.2 Å². The van der Waals surface area contributed by atoms with Crippen LogP contribution in [0.3, 0.4) is 0 Å². The molecule has 1 heterocycles. The van der Waals surface area contributed by atoms with E-state index in [2.05, 4.69) is 5.32 Å². The first-order chi connectivity index (χ1) is 8.95. The Morgan fingerprint density at radius 2 is 2.00 bits per heavy atom. The van der Waals surface area contributed by atoms with Crippen LogP contribution in [0, 0.1) is 0 Å². The molecule has 1 saturated heterocycles. The van der Waals surface area contributed by atoms with Gasteiger partial charge in [0.05, 0.1) is 10.7 Å². The zero-order valence-corrected chi connectivity index (χ0v) is 12.1. The second kappa shape index (κ2) is 5.39. The normalized spacial score (nSPS) is 23.5. The van der Waals surface area contributed by atoms with E-state index in [4.69, 9.17) is 23.2 Å². The van der Waals surface area contributed by atoms with Gasteiger partial charge in [-0.25, -0.2) is 0 Å². The standard InChI is InChI=1S/C13H14Cl2N2O2/c1-3-10-13(19)17(7(2)12(18)16-10)11-6-8(14)4-5-9(11)15/h4-7,10H,3H2,1-2H3,(H,16,18). The molecule has 2 atom stereocenters. The summed E-state index contributed by atoms with van der Waals surface area (Å²) in [4.78, 5) is 25.7. The molecule has 1 N–H and O–H groups in total. The molecule has 1 aromatic rings. The lowest BCUT2D eigenvalue weighted by molar-refractivity contribution is -0.133. The molecule has 19 heavy (non-hydrogen) atoms. The topological polar surface area (TPSA) is 49.4 Å². The summed E-state index contributed by atoms with van der Waals surface area (Å²) in [7, 11) is 0. The van der Waals surface area contributed by atoms with Gasteiger partial charge >= 0.3 is 0 Å². The number of carbonyl (C=O) groups is 2. The van der Waals surface area contributed by atoms with Crippen molar-refractivity contribution < 1.29 is 9.59 Å². The van der Waals surface area contributed by atoms with E-state index in [0.717, 1.165) is 0 Å². The molecule has 0 aliphatic carbocycles. The highest BCUT2D eigenvalue weighted by atomic mass is 35.5. The van der Waals surface area contributed by atoms with Crippen molar-refractivity contribution >= 4 is 40.7 Å². The first kappa shape index (κ1) is 14.2. The number of anilines is 1. The molecule has 2 unspecified atom stereocenters. The number of nitrogens with one attached hydrogen (secondary N) is 1. The average Bonchev–Trinajstić information content (AvgIpc) is 2.38. The van der Waals surface area contributed by atoms with Crippen LogP contribution in [0.5, 0.6) is 0 Å². The van der Waals surface area contributed by atoms with Crippen LogP contribution in [-0.4, -0.2) is 23.9 Å². The maximum absolute atomic E-state index is 12.4. The van der Waals surface area contributed by atoms with Crippen LogP contribution in [0.1, 0.15) is 20.3 Å². The van der Waals surface area contributed by atoms with Gasteiger partial charge in [-0.05, 0) is 31.5 Å². The van der Waals surface area contributed by atoms with Gasteiger partial charge in [0.1, 0.15) is 12.1 Å². The van der Waals surface area contributed by atoms with Crippen molar-refractivity contribution in [1.29, 1.82) is 0 Å². The first-order valence-corrected chi connectivity index (χ1v) is 6.79. The molecule has 0 aromatic heterocycles. The predicted octanol–water partition coefficient (Wildman–Crippen LogP) is 2.62. The van der Waals surface area contributed by atoms with Gasteiger partial charge < -0.3 is 5.32 Å². The van der Waals surface area contributed by atoms with Crippen LogP contribution in [0.4, 0.5) is 5.69 Å². The number of rotatable bonds is 2. The van der Waals surface area contributed by atoms with E-state index < -0.39 is 12.1 Å². The quantitative estimate of drug-likeness (QED) is 0.913. The highest BCUT2D eigenvalue weighted by Gasteiger charge is 2.38. The van der Waals surface area contributed by atoms with Crippen LogP contribution in [0.25, 0.3) is 0 Å². The Kier molecular flexibility index (Phi) is 4.02. The summed E-state index contributed by atoms with van der Waals surface area (Å²) >= 11 is 12.1. The third-order valence-electron chi connectivity index (χ3n) is 3.19. The maximum Gasteiger partial charge on any atom is 0.250 e. The van der Waals surface area contributed by atoms with Crippen LogP contribution >= 0.6 is 23.2 Å². The fourth-order valence-electron chi connectivity index (χ4n) is 2.10. The molecule has 102 valence electrons. The Labute approximate surface area is 121 Å². The SMILES string of the molecule is CCC1NC(=O)C(C)N(c2cc(Cl)ccc2Cl)C1=O. The van der Waals surface area contributed by atoms with Crippen molar-refractivity contribution in [3.05, 3.63) is 28.2 Å². The van der Waals surface area contributed by atoms with E-state index in [1.54, 1.807) is 25.1 Å². The second-order valence-electron chi connectivity index (χ2n) is 4.45. The molecule has 0 bridgehead atoms. The summed E-state index contributed by atoms with van der Waals surface area (Å²) in [6.07, 6.45) is 0.534. The number of piperazine rings is 1. The molecule has 4 nitrogen and oxygen atoms in total. The smallest absolute Gasteiger partial charge is 0.250 e. The zero-order valence-electron chi connectivity index (χ0n) is 10.6. The van der Waals surface area contributed by atoms with Crippen molar-refractivity contribution in [2.24, 2.45) is 0 Å². The lowest BCUT2D eigenvalue weighted by atomic mass is 10.1. The minimum atomic E-state index is -0.605. The van der Waals surface area contributed by atoms with E-state index in [1.807, 2.05) is 6.92 Å². The zero-order chi connectivity index (χ0) is 14.2. The minimum Gasteiger partial charge on any atom is -0.343 e. The van der Waals surface area contributed by atoms with E-state index >= 15 is 0 Å². The molecule has 0 spiro atoms. The van der Waals surface area contributed by atoms with E-state index in [-0.39, 0.29) is 11.8 Å². The average molecular weight is 301 g/mol. The molecule has 0 saturated carbocycles. The lowest BCUT2D eigenvalue weighted by Gasteiger charge is -2.37. The predicted molar refractivity (Wildman–Crippen MR) is 75.6 cm³/mol. The summed E-state index contributed by atoms with van der Waals surface area (Å²) in [6, 6.07) is 3.74. The monoisotopic (exact) mass is 300 g/mol. The highest BCUT2D eigenvalue weighted by Crippen LogP contribution is 2.32. The number of halogens is 2. The Hall–Kier alpha value is -1.26. The van der Waals surface area contributed by atoms with Gasteiger partial charge in [0.2, 0.25) is 11.8 Å². The molecular weight excluding hydrogens is 287 g/mol. The fourth-order valence-corrected chi connectivity index (χ4v) is 2.48. The summed E-state index contributed by atoms with van der Waals surface area (Å²) in [6.45, 7) is 3.51. The summed E-state index contributed by atoms with van der Waals surface area (Å²) in [5, 5.41) is 3.56. The molecule has 2 amide bonds. The molecule has 6 heteroatoms. The third-order valence-corrected chi connectivity index (χ3v) is 3.75. The third kappa shape index (κ3) is 2.55. The van der Waals surface area contributed by atoms with Crippen LogP contribution in [0.2, 0.25) is 10.0 Å². The largest absolute Gasteiger partial charge is 0.343 e. The van der Waals surface area contributed by atoms with Gasteiger partial charge in [0.25, 0.3) is 0 Å². The number of hydrogen-bond acceptors (Lipinski definition) is 2. The lowest BCUT2D eigenvalue weighted by Crippen LogP contribution is -2.62. The summed E-state index contributed by atoms with van der Waals surface area (Å²) in [5.74, 6) is -0.360. The Balaban J connectivity index is 2.47. The van der Waals surface area contributed by atoms with Crippen molar-refractivity contribution in [1.82, 2.24) is 5.32 Å². The molecule has 1 aliphatic heterocycles. The van der Waals surface area contributed by atoms with Gasteiger partial charge in [-0.2, -0.15) is 0 Å². The van der Waals surface area contributed by atoms with Crippen molar-refractivity contribution in [2.45, 2.75) is 32.4 Å². The van der Waals surface area contributed by atoms with Crippen LogP contribution in [0.15, 0.2) is 18.2 Å². The molecule has 1 aliphatic rings. The second-order valence-corrected chi connectivity index (χ2v) is 5.29. The minimum absolute atomic E-state index is 0.168. The van der Waals surface area contributed by atoms with E-state index in [9.17, 15) is 9.59 Å². The van der Waals surface area contributed by atoms with Gasteiger partial charge in [-0.15, -0.1) is 0 Å². The number of carbonyl (C=O) groups excluding carboxylic acids is 2. The van der Waals surface area contributed by atoms with Crippen molar-refractivity contribution in [2.75, 3.05) is 4.90 Å². The maximum atomic E-state index is 12.4. The Morgan fingerprint density at radius 3 is 2.63 bits per heavy atom. The summed E-state index contributed by atoms with van der Waals surface area (Å²) < 4.78 is 0. The summed E-state index contributed by atoms with van der Waals surface area (Å²) in [5.41, 5.74) is 0.472. The van der Waals surface area contributed by atoms with Gasteiger partial charge in [-0.3, -0.25) is 14.5 Å². The number of nitrogens with zero attached hydrogens (tertiary/aromatic N) is 1. The highest BCUT2D eigenvalue weighted by molar-refractivity contribution is 6.36. The van der Waals surface area contributed by atoms with Gasteiger partial charge in [0, 0.05) is 5.02 Å².